The van der Waals surface area contributed by atoms with E-state index in [-0.39, 0.29) is 55.8 Å². The van der Waals surface area contributed by atoms with E-state index in [4.69, 9.17) is 0 Å². The van der Waals surface area contributed by atoms with Crippen molar-refractivity contribution in [2.24, 2.45) is 0 Å². The fraction of sp³-hybridized carbons (Fsp3) is 0.375. The molecule has 0 heterocycles. The first-order valence-electron chi connectivity index (χ1n) is 3.05. The summed E-state index contributed by atoms with van der Waals surface area (Å²) in [6.07, 6.45) is 1.17. The van der Waals surface area contributed by atoms with Crippen LogP contribution in [0.2, 0.25) is 0 Å². The average molecular weight is 264 g/mol. The minimum absolute atomic E-state index is 0. The molecule has 0 aromatic heterocycles. The van der Waals surface area contributed by atoms with Crippen molar-refractivity contribution in [2.75, 3.05) is 0 Å². The van der Waals surface area contributed by atoms with Gasteiger partial charge in [0, 0.05) is 0 Å². The van der Waals surface area contributed by atoms with E-state index < -0.39 is 0 Å². The van der Waals surface area contributed by atoms with Gasteiger partial charge in [-0.2, -0.15) is 17.2 Å². The fourth-order valence-electron chi connectivity index (χ4n) is 0.944. The Balaban J connectivity index is -0.0000000800. The van der Waals surface area contributed by atoms with Gasteiger partial charge in [0.05, 0.1) is 0 Å². The molecule has 1 aromatic rings. The number of hydrogen-bond acceptors (Lipinski definition) is 0. The largest absolute Gasteiger partial charge is 4.00 e. The van der Waals surface area contributed by atoms with Gasteiger partial charge in [0.2, 0.25) is 0 Å². The van der Waals surface area contributed by atoms with E-state index in [2.05, 4.69) is 32.0 Å². The van der Waals surface area contributed by atoms with Crippen LogP contribution in [-0.4, -0.2) is 0 Å². The van der Waals surface area contributed by atoms with Gasteiger partial charge >= 0.3 is 18.6 Å². The van der Waals surface area contributed by atoms with Crippen LogP contribution in [-0.2, 0) is 25.0 Å². The van der Waals surface area contributed by atoms with Gasteiger partial charge in [0.1, 0.15) is 0 Å². The maximum Gasteiger partial charge on any atom is 4.00 e. The molecule has 0 atom stereocenters. The first-order chi connectivity index (χ1) is 3.84. The average Bonchev–Trinajstić information content (AvgIpc) is 2.14. The Morgan fingerprint density at radius 3 is 1.92 bits per heavy atom. The number of rotatable bonds is 1. The monoisotopic (exact) mass is 263 g/mol. The second kappa shape index (κ2) is 11.8. The summed E-state index contributed by atoms with van der Waals surface area (Å²) < 4.78 is 0. The Morgan fingerprint density at radius 1 is 1.25 bits per heavy atom. The Bertz CT molecular complexity index is 175. The summed E-state index contributed by atoms with van der Waals surface area (Å²) in [6.45, 7) is 4.33. The van der Waals surface area contributed by atoms with Crippen LogP contribution in [0.25, 0.3) is 0 Å². The first kappa shape index (κ1) is 23.0. The topological polar surface area (TPSA) is 0 Å². The molecule has 0 nitrogen and oxygen atoms in total. The summed E-state index contributed by atoms with van der Waals surface area (Å²) in [5.41, 5.74) is 2.90. The van der Waals surface area contributed by atoms with Crippen molar-refractivity contribution in [3.05, 3.63) is 29.3 Å². The Morgan fingerprint density at radius 2 is 1.75 bits per heavy atom. The molecule has 0 aliphatic carbocycles. The molecule has 0 amide bonds. The van der Waals surface area contributed by atoms with E-state index in [0.717, 1.165) is 0 Å². The van der Waals surface area contributed by atoms with E-state index in [9.17, 15) is 0 Å². The number of halogens is 3. The fourth-order valence-corrected chi connectivity index (χ4v) is 0.944. The Labute approximate surface area is 105 Å². The van der Waals surface area contributed by atoms with Gasteiger partial charge in [-0.25, -0.2) is 12.1 Å². The van der Waals surface area contributed by atoms with Gasteiger partial charge in [-0.05, 0) is 0 Å². The summed E-state index contributed by atoms with van der Waals surface area (Å²) in [6, 6.07) is 6.43. The smallest absolute Gasteiger partial charge is 1.00 e. The molecule has 4 heteroatoms. The molecule has 1 radical (unpaired) electrons. The second-order valence-electron chi connectivity index (χ2n) is 2.09. The van der Waals surface area contributed by atoms with Gasteiger partial charge in [0.15, 0.2) is 0 Å². The molecule has 0 bridgehead atoms. The van der Waals surface area contributed by atoms with Crippen LogP contribution in [0.4, 0.5) is 0 Å². The van der Waals surface area contributed by atoms with Gasteiger partial charge in [-0.15, -0.1) is 0 Å². The van der Waals surface area contributed by atoms with E-state index >= 15 is 0 Å². The molecule has 69 valence electrons. The van der Waals surface area contributed by atoms with E-state index in [1.54, 1.807) is 0 Å². The maximum atomic E-state index is 2.18. The van der Waals surface area contributed by atoms with Gasteiger partial charge in [-0.3, -0.25) is 0 Å². The maximum absolute atomic E-state index is 2.18. The second-order valence-corrected chi connectivity index (χ2v) is 2.09. The molecule has 0 spiro atoms. The van der Waals surface area contributed by atoms with Crippen LogP contribution in [0.3, 0.4) is 0 Å². The van der Waals surface area contributed by atoms with Crippen LogP contribution in [0, 0.1) is 6.92 Å². The Kier molecular flexibility index (Phi) is 22.6. The van der Waals surface area contributed by atoms with Crippen molar-refractivity contribution in [2.45, 2.75) is 20.3 Å². The molecular formula is C8H11Cl3V. The van der Waals surface area contributed by atoms with Crippen LogP contribution in [0.5, 0.6) is 0 Å². The summed E-state index contributed by atoms with van der Waals surface area (Å²) in [4.78, 5) is 0. The molecule has 0 unspecified atom stereocenters. The van der Waals surface area contributed by atoms with Gasteiger partial charge < -0.3 is 37.2 Å². The van der Waals surface area contributed by atoms with Gasteiger partial charge in [0.25, 0.3) is 0 Å². The van der Waals surface area contributed by atoms with Crippen LogP contribution in [0.15, 0.2) is 18.2 Å². The van der Waals surface area contributed by atoms with Crippen molar-refractivity contribution in [3.8, 4) is 0 Å². The van der Waals surface area contributed by atoms with E-state index in [1.807, 2.05) is 0 Å². The summed E-state index contributed by atoms with van der Waals surface area (Å²) in [5, 5.41) is 0. The summed E-state index contributed by atoms with van der Waals surface area (Å²) in [5.74, 6) is 0. The predicted molar refractivity (Wildman–Crippen MR) is 36.1 cm³/mol. The number of aryl methyl sites for hydroxylation is 2. The zero-order chi connectivity index (χ0) is 5.98. The number of hydrogen-bond donors (Lipinski definition) is 0. The predicted octanol–water partition coefficient (Wildman–Crippen LogP) is -6.71. The molecule has 0 fully saturated rings. The molecule has 0 saturated heterocycles. The molecule has 12 heavy (non-hydrogen) atoms. The van der Waals surface area contributed by atoms with Gasteiger partial charge in [-0.1, -0.05) is 20.3 Å². The standard InChI is InChI=1S/C8H11.3ClH.V/c1-3-8-6-4-5-7(8)2;;;;/h4-6H,3H2,1-2H3;3*1H;/q-1;;;;+4/p-3. The zero-order valence-electron chi connectivity index (χ0n) is 7.02. The molecule has 1 rings (SSSR count). The minimum atomic E-state index is 0. The minimum Gasteiger partial charge on any atom is -1.00 e. The van der Waals surface area contributed by atoms with Crippen molar-refractivity contribution < 1.29 is 55.8 Å². The normalized spacial score (nSPS) is 6.50. The third-order valence-corrected chi connectivity index (χ3v) is 1.53. The van der Waals surface area contributed by atoms with Crippen molar-refractivity contribution in [1.82, 2.24) is 0 Å². The molecule has 0 N–H and O–H groups in total. The third-order valence-electron chi connectivity index (χ3n) is 1.53. The van der Waals surface area contributed by atoms with Crippen LogP contribution in [0.1, 0.15) is 18.1 Å². The molecule has 0 aliphatic heterocycles. The first-order valence-corrected chi connectivity index (χ1v) is 3.05. The molecule has 0 saturated carbocycles. The van der Waals surface area contributed by atoms with Crippen LogP contribution < -0.4 is 37.2 Å². The SMILES string of the molecule is CC[c-]1cccc1C.[Cl-].[Cl-].[Cl-].[V+4]. The zero-order valence-corrected chi connectivity index (χ0v) is 10.7. The molecule has 1 aromatic carbocycles. The van der Waals surface area contributed by atoms with Crippen molar-refractivity contribution in [3.63, 3.8) is 0 Å². The van der Waals surface area contributed by atoms with Crippen molar-refractivity contribution in [1.29, 1.82) is 0 Å². The third kappa shape index (κ3) is 6.33. The summed E-state index contributed by atoms with van der Waals surface area (Å²) >= 11 is 0. The molecular weight excluding hydrogens is 253 g/mol. The quantitative estimate of drug-likeness (QED) is 0.443. The van der Waals surface area contributed by atoms with E-state index in [1.165, 1.54) is 17.5 Å². The summed E-state index contributed by atoms with van der Waals surface area (Å²) in [7, 11) is 0. The van der Waals surface area contributed by atoms with E-state index in [0.29, 0.717) is 0 Å². The van der Waals surface area contributed by atoms with Crippen LogP contribution >= 0.6 is 0 Å². The Hall–Kier alpha value is 0.804. The molecule has 0 aliphatic rings. The van der Waals surface area contributed by atoms with Crippen molar-refractivity contribution >= 4 is 0 Å².